The van der Waals surface area contributed by atoms with E-state index in [4.69, 9.17) is 4.98 Å². The number of unbranched alkanes of at least 4 members (excludes halogenated alkanes) is 3. The summed E-state index contributed by atoms with van der Waals surface area (Å²) in [4.78, 5) is 36.3. The predicted octanol–water partition coefficient (Wildman–Crippen LogP) is 4.87. The molecular formula is C23H27N5O2S2. The lowest BCUT2D eigenvalue weighted by Gasteiger charge is -2.10. The van der Waals surface area contributed by atoms with Crippen LogP contribution in [0.4, 0.5) is 0 Å². The molecule has 7 nitrogen and oxygen atoms in total. The predicted molar refractivity (Wildman–Crippen MR) is 132 cm³/mol. The minimum absolute atomic E-state index is 0.157. The van der Waals surface area contributed by atoms with Crippen LogP contribution in [0.1, 0.15) is 43.0 Å². The van der Waals surface area contributed by atoms with Gasteiger partial charge in [0.25, 0.3) is 5.56 Å². The van der Waals surface area contributed by atoms with Crippen molar-refractivity contribution in [1.29, 1.82) is 0 Å². The highest BCUT2D eigenvalue weighted by Gasteiger charge is 2.15. The van der Waals surface area contributed by atoms with E-state index in [9.17, 15) is 9.59 Å². The molecule has 32 heavy (non-hydrogen) atoms. The van der Waals surface area contributed by atoms with Crippen LogP contribution in [-0.4, -0.2) is 30.9 Å². The van der Waals surface area contributed by atoms with Crippen LogP contribution in [-0.2, 0) is 11.3 Å². The van der Waals surface area contributed by atoms with E-state index in [0.29, 0.717) is 10.2 Å². The van der Waals surface area contributed by atoms with Crippen molar-refractivity contribution in [3.8, 4) is 0 Å². The zero-order valence-electron chi connectivity index (χ0n) is 18.6. The molecule has 9 heteroatoms. The smallest absolute Gasteiger partial charge is 0.281 e. The molecule has 4 rings (SSSR count). The first-order valence-corrected chi connectivity index (χ1v) is 12.6. The summed E-state index contributed by atoms with van der Waals surface area (Å²) in [5.41, 5.74) is 5.35. The maximum atomic E-state index is 12.8. The number of aromatic nitrogens is 4. The van der Waals surface area contributed by atoms with Gasteiger partial charge in [0.15, 0.2) is 5.16 Å². The first-order valence-electron chi connectivity index (χ1n) is 10.8. The van der Waals surface area contributed by atoms with Crippen molar-refractivity contribution in [2.24, 2.45) is 0 Å². The molecule has 0 unspecified atom stereocenters. The van der Waals surface area contributed by atoms with Crippen molar-refractivity contribution < 1.29 is 4.79 Å². The molecule has 0 aliphatic heterocycles. The number of rotatable bonds is 9. The summed E-state index contributed by atoms with van der Waals surface area (Å²) < 4.78 is 3.37. The normalized spacial score (nSPS) is 11.5. The first-order chi connectivity index (χ1) is 15.5. The Morgan fingerprint density at radius 3 is 2.81 bits per heavy atom. The standard InChI is InChI=1S/C23H27N5O2S2/c1-4-5-6-9-12-27-18-11-8-7-10-17(18)25-23(27)31-13-19(29)26-28-14-24-21-20(22(28)30)15(2)16(3)32-21/h7-8,10-11,14H,4-6,9,12-13H2,1-3H3,(H,26,29). The van der Waals surface area contributed by atoms with E-state index in [1.54, 1.807) is 0 Å². The highest BCUT2D eigenvalue weighted by molar-refractivity contribution is 7.99. The number of thiophene rings is 1. The SMILES string of the molecule is CCCCCCn1c(SCC(=O)Nn2cnc3sc(C)c(C)c3c2=O)nc2ccccc21. The second kappa shape index (κ2) is 9.87. The Bertz CT molecular complexity index is 1320. The molecule has 1 N–H and O–H groups in total. The third kappa shape index (κ3) is 4.59. The number of carbonyl (C=O) groups is 1. The molecule has 1 aromatic carbocycles. The first kappa shape index (κ1) is 22.5. The summed E-state index contributed by atoms with van der Waals surface area (Å²) in [5, 5.41) is 1.39. The number of imidazole rings is 1. The van der Waals surface area contributed by atoms with Crippen LogP contribution in [0.3, 0.4) is 0 Å². The van der Waals surface area contributed by atoms with Crippen LogP contribution in [0.25, 0.3) is 21.3 Å². The van der Waals surface area contributed by atoms with Gasteiger partial charge < -0.3 is 4.57 Å². The molecule has 0 bridgehead atoms. The van der Waals surface area contributed by atoms with Gasteiger partial charge in [-0.25, -0.2) is 14.6 Å². The average Bonchev–Trinajstić information content (AvgIpc) is 3.28. The van der Waals surface area contributed by atoms with Gasteiger partial charge in [-0.15, -0.1) is 11.3 Å². The Morgan fingerprint density at radius 2 is 2.00 bits per heavy atom. The zero-order chi connectivity index (χ0) is 22.7. The van der Waals surface area contributed by atoms with E-state index < -0.39 is 0 Å². The highest BCUT2D eigenvalue weighted by Crippen LogP contribution is 2.26. The molecule has 0 radical (unpaired) electrons. The average molecular weight is 470 g/mol. The second-order valence-corrected chi connectivity index (χ2v) is 9.95. The Labute approximate surface area is 194 Å². The molecular weight excluding hydrogens is 442 g/mol. The summed E-state index contributed by atoms with van der Waals surface area (Å²) in [7, 11) is 0. The number of hydrogen-bond acceptors (Lipinski definition) is 6. The minimum Gasteiger partial charge on any atom is -0.319 e. The summed E-state index contributed by atoms with van der Waals surface area (Å²) in [6.07, 6.45) is 6.04. The van der Waals surface area contributed by atoms with Crippen LogP contribution in [0.2, 0.25) is 0 Å². The maximum Gasteiger partial charge on any atom is 0.281 e. The topological polar surface area (TPSA) is 81.8 Å². The van der Waals surface area contributed by atoms with Gasteiger partial charge in [0.2, 0.25) is 5.91 Å². The van der Waals surface area contributed by atoms with Crippen LogP contribution < -0.4 is 11.0 Å². The number of carbonyl (C=O) groups excluding carboxylic acids is 1. The lowest BCUT2D eigenvalue weighted by atomic mass is 10.2. The van der Waals surface area contributed by atoms with Crippen molar-refractivity contribution in [2.75, 3.05) is 11.2 Å². The van der Waals surface area contributed by atoms with Gasteiger partial charge in [0.05, 0.1) is 22.2 Å². The van der Waals surface area contributed by atoms with Crippen LogP contribution >= 0.6 is 23.1 Å². The zero-order valence-corrected chi connectivity index (χ0v) is 20.2. The van der Waals surface area contributed by atoms with E-state index >= 15 is 0 Å². The fourth-order valence-electron chi connectivity index (χ4n) is 3.69. The molecule has 4 aromatic rings. The molecule has 168 valence electrons. The number of hydrogen-bond donors (Lipinski definition) is 1. The van der Waals surface area contributed by atoms with Gasteiger partial charge in [0, 0.05) is 11.4 Å². The molecule has 0 saturated carbocycles. The Kier molecular flexibility index (Phi) is 6.95. The van der Waals surface area contributed by atoms with Gasteiger partial charge in [-0.3, -0.25) is 15.0 Å². The number of benzene rings is 1. The minimum atomic E-state index is -0.271. The largest absolute Gasteiger partial charge is 0.319 e. The van der Waals surface area contributed by atoms with Gasteiger partial charge in [0.1, 0.15) is 11.2 Å². The number of amides is 1. The fourth-order valence-corrected chi connectivity index (χ4v) is 5.51. The summed E-state index contributed by atoms with van der Waals surface area (Å²) >= 11 is 2.88. The maximum absolute atomic E-state index is 12.8. The van der Waals surface area contributed by atoms with Crippen LogP contribution in [0.15, 0.2) is 40.5 Å². The van der Waals surface area contributed by atoms with Crippen molar-refractivity contribution >= 4 is 50.3 Å². The number of thioether (sulfide) groups is 1. The Morgan fingerprint density at radius 1 is 1.19 bits per heavy atom. The molecule has 0 spiro atoms. The molecule has 0 saturated heterocycles. The van der Waals surface area contributed by atoms with Gasteiger partial charge in [-0.2, -0.15) is 0 Å². The van der Waals surface area contributed by atoms with E-state index in [-0.39, 0.29) is 17.2 Å². The number of para-hydroxylation sites is 2. The van der Waals surface area contributed by atoms with Crippen molar-refractivity contribution in [3.05, 3.63) is 51.4 Å². The van der Waals surface area contributed by atoms with E-state index in [0.717, 1.165) is 39.6 Å². The third-order valence-corrected chi connectivity index (χ3v) is 7.61. The third-order valence-electron chi connectivity index (χ3n) is 5.52. The molecule has 0 atom stereocenters. The van der Waals surface area contributed by atoms with Crippen LogP contribution in [0, 0.1) is 13.8 Å². The fraction of sp³-hybridized carbons (Fsp3) is 0.391. The summed E-state index contributed by atoms with van der Waals surface area (Å²) in [6.45, 7) is 6.95. The van der Waals surface area contributed by atoms with Gasteiger partial charge in [-0.05, 0) is 38.0 Å². The highest BCUT2D eigenvalue weighted by atomic mass is 32.2. The van der Waals surface area contributed by atoms with Crippen molar-refractivity contribution in [3.63, 3.8) is 0 Å². The Hall–Kier alpha value is -2.65. The van der Waals surface area contributed by atoms with Gasteiger partial charge in [-0.1, -0.05) is 50.1 Å². The number of nitrogens with one attached hydrogen (secondary N) is 1. The quantitative estimate of drug-likeness (QED) is 0.279. The van der Waals surface area contributed by atoms with E-state index in [2.05, 4.69) is 28.0 Å². The molecule has 3 heterocycles. The summed E-state index contributed by atoms with van der Waals surface area (Å²) in [5.74, 6) is -0.114. The van der Waals surface area contributed by atoms with E-state index in [1.807, 2.05) is 32.0 Å². The second-order valence-electron chi connectivity index (χ2n) is 7.80. The molecule has 0 aliphatic carbocycles. The van der Waals surface area contributed by atoms with Crippen LogP contribution in [0.5, 0.6) is 0 Å². The number of aryl methyl sites for hydroxylation is 3. The lowest BCUT2D eigenvalue weighted by molar-refractivity contribution is -0.114. The Balaban J connectivity index is 1.48. The van der Waals surface area contributed by atoms with Gasteiger partial charge >= 0.3 is 0 Å². The lowest BCUT2D eigenvalue weighted by Crippen LogP contribution is -2.34. The molecule has 3 aromatic heterocycles. The summed E-state index contributed by atoms with van der Waals surface area (Å²) in [6, 6.07) is 8.05. The molecule has 0 aliphatic rings. The number of fused-ring (bicyclic) bond motifs is 2. The molecule has 0 fully saturated rings. The monoisotopic (exact) mass is 469 g/mol. The van der Waals surface area contributed by atoms with Crippen molar-refractivity contribution in [2.45, 2.75) is 58.2 Å². The van der Waals surface area contributed by atoms with E-state index in [1.165, 1.54) is 53.4 Å². The number of nitrogens with zero attached hydrogens (tertiary/aromatic N) is 4. The molecule has 1 amide bonds. The van der Waals surface area contributed by atoms with Crippen molar-refractivity contribution in [1.82, 2.24) is 19.2 Å².